The number of nitrogens with zero attached hydrogens (tertiary/aromatic N) is 2. The zero-order valence-electron chi connectivity index (χ0n) is 20.0. The summed E-state index contributed by atoms with van der Waals surface area (Å²) < 4.78 is 4.74. The van der Waals surface area contributed by atoms with E-state index >= 15 is 0 Å². The van der Waals surface area contributed by atoms with Gasteiger partial charge in [-0.15, -0.1) is 0 Å². The number of halogens is 1. The summed E-state index contributed by atoms with van der Waals surface area (Å²) in [6, 6.07) is 21.3. The Hall–Kier alpha value is -3.48. The second kappa shape index (κ2) is 10.8. The Morgan fingerprint density at radius 2 is 1.71 bits per heavy atom. The molecule has 0 radical (unpaired) electrons. The Labute approximate surface area is 210 Å². The van der Waals surface area contributed by atoms with Crippen LogP contribution >= 0.6 is 11.6 Å². The number of carbonyl (C=O) groups is 2. The number of methoxy groups -OCH3 is 1. The zero-order valence-corrected chi connectivity index (χ0v) is 20.8. The molecule has 3 aromatic rings. The number of fused-ring (bicyclic) bond motifs is 1. The van der Waals surface area contributed by atoms with Crippen LogP contribution < -0.4 is 5.32 Å². The fourth-order valence-corrected chi connectivity index (χ4v) is 4.34. The highest BCUT2D eigenvalue weighted by Crippen LogP contribution is 2.37. The van der Waals surface area contributed by atoms with E-state index in [1.165, 1.54) is 12.7 Å². The van der Waals surface area contributed by atoms with Gasteiger partial charge in [-0.3, -0.25) is 14.6 Å². The van der Waals surface area contributed by atoms with E-state index in [1.54, 1.807) is 12.1 Å². The van der Waals surface area contributed by atoms with Gasteiger partial charge in [0.15, 0.2) is 0 Å². The lowest BCUT2D eigenvalue weighted by Gasteiger charge is -2.15. The van der Waals surface area contributed by atoms with Crippen LogP contribution in [-0.2, 0) is 27.3 Å². The third kappa shape index (κ3) is 5.96. The molecule has 0 aliphatic carbocycles. The number of hydrogen-bond acceptors (Lipinski definition) is 5. The molecular weight excluding hydrogens is 462 g/mol. The van der Waals surface area contributed by atoms with Gasteiger partial charge in [-0.1, -0.05) is 54.1 Å². The first-order chi connectivity index (χ1) is 16.8. The molecule has 1 amide bonds. The lowest BCUT2D eigenvalue weighted by Crippen LogP contribution is -2.22. The van der Waals surface area contributed by atoms with Crippen LogP contribution in [0.2, 0.25) is 5.02 Å². The normalized spacial score (nSPS) is 15.2. The maximum absolute atomic E-state index is 13.1. The molecule has 0 fully saturated rings. The van der Waals surface area contributed by atoms with Crippen LogP contribution in [0.25, 0.3) is 0 Å². The maximum Gasteiger partial charge on any atom is 0.305 e. The molecule has 1 N–H and O–H groups in total. The van der Waals surface area contributed by atoms with Gasteiger partial charge in [0.2, 0.25) is 5.91 Å². The summed E-state index contributed by atoms with van der Waals surface area (Å²) >= 11 is 6.16. The van der Waals surface area contributed by atoms with Crippen LogP contribution in [0.5, 0.6) is 0 Å². The van der Waals surface area contributed by atoms with E-state index in [2.05, 4.69) is 22.3 Å². The standard InChI is InChI=1S/C28H28ClN3O3/c1-32(2)17-19-6-12-22(13-7-19)30-27(20-9-4-18(5-10-20)8-15-25(33)35-3)26-23-14-11-21(29)16-24(23)31-28(26)34/h4-7,9-14,16,26H,8,15,17H2,1-3H3,(H,31,34). The average molecular weight is 490 g/mol. The van der Waals surface area contributed by atoms with E-state index in [0.717, 1.165) is 28.9 Å². The molecule has 1 aliphatic heterocycles. The van der Waals surface area contributed by atoms with E-state index in [1.807, 2.05) is 56.6 Å². The van der Waals surface area contributed by atoms with Crippen LogP contribution in [-0.4, -0.2) is 43.7 Å². The van der Waals surface area contributed by atoms with Crippen molar-refractivity contribution in [3.05, 3.63) is 94.0 Å². The Bertz CT molecular complexity index is 1250. The number of ether oxygens (including phenoxy) is 1. The molecule has 0 saturated carbocycles. The fraction of sp³-hybridized carbons (Fsp3) is 0.250. The largest absolute Gasteiger partial charge is 0.469 e. The molecule has 1 atom stereocenters. The van der Waals surface area contributed by atoms with Gasteiger partial charge in [-0.2, -0.15) is 0 Å². The molecule has 1 aliphatic rings. The van der Waals surface area contributed by atoms with Crippen molar-refractivity contribution >= 4 is 40.6 Å². The molecule has 180 valence electrons. The SMILES string of the molecule is COC(=O)CCc1ccc(C(=Nc2ccc(CN(C)C)cc2)C2C(=O)Nc3cc(Cl)ccc32)cc1. The summed E-state index contributed by atoms with van der Waals surface area (Å²) in [5.41, 5.74) is 6.01. The van der Waals surface area contributed by atoms with Crippen molar-refractivity contribution in [2.45, 2.75) is 25.3 Å². The molecular formula is C28H28ClN3O3. The van der Waals surface area contributed by atoms with Gasteiger partial charge in [0.25, 0.3) is 0 Å². The van der Waals surface area contributed by atoms with E-state index in [0.29, 0.717) is 29.3 Å². The number of anilines is 1. The highest BCUT2D eigenvalue weighted by Gasteiger charge is 2.35. The number of aliphatic imine (C=N–C) groups is 1. The summed E-state index contributed by atoms with van der Waals surface area (Å²) in [5, 5.41) is 3.51. The van der Waals surface area contributed by atoms with Gasteiger partial charge >= 0.3 is 5.97 Å². The molecule has 0 aromatic heterocycles. The number of hydrogen-bond donors (Lipinski definition) is 1. The molecule has 7 heteroatoms. The third-order valence-electron chi connectivity index (χ3n) is 5.90. The number of esters is 1. The lowest BCUT2D eigenvalue weighted by atomic mass is 9.90. The summed E-state index contributed by atoms with van der Waals surface area (Å²) in [6.45, 7) is 0.836. The van der Waals surface area contributed by atoms with Crippen LogP contribution in [0.4, 0.5) is 11.4 Å². The third-order valence-corrected chi connectivity index (χ3v) is 6.13. The average Bonchev–Trinajstić information content (AvgIpc) is 3.16. The minimum atomic E-state index is -0.565. The molecule has 0 bridgehead atoms. The van der Waals surface area contributed by atoms with Crippen LogP contribution in [0.1, 0.15) is 34.6 Å². The van der Waals surface area contributed by atoms with E-state index < -0.39 is 5.92 Å². The molecule has 0 saturated heterocycles. The molecule has 6 nitrogen and oxygen atoms in total. The number of benzene rings is 3. The van der Waals surface area contributed by atoms with Crippen molar-refractivity contribution in [2.75, 3.05) is 26.5 Å². The zero-order chi connectivity index (χ0) is 24.9. The van der Waals surface area contributed by atoms with Crippen LogP contribution in [0.3, 0.4) is 0 Å². The number of carbonyl (C=O) groups excluding carboxylic acids is 2. The first kappa shape index (κ1) is 24.6. The summed E-state index contributed by atoms with van der Waals surface area (Å²) in [6.07, 6.45) is 0.896. The predicted molar refractivity (Wildman–Crippen MR) is 140 cm³/mol. The van der Waals surface area contributed by atoms with Gasteiger partial charge in [0.1, 0.15) is 5.92 Å². The quantitative estimate of drug-likeness (QED) is 0.341. The van der Waals surface area contributed by atoms with E-state index in [9.17, 15) is 9.59 Å². The van der Waals surface area contributed by atoms with Crippen molar-refractivity contribution < 1.29 is 14.3 Å². The van der Waals surface area contributed by atoms with Crippen LogP contribution in [0.15, 0.2) is 71.7 Å². The van der Waals surface area contributed by atoms with Crippen molar-refractivity contribution in [1.29, 1.82) is 0 Å². The summed E-state index contributed by atoms with van der Waals surface area (Å²) in [4.78, 5) is 31.7. The molecule has 3 aromatic carbocycles. The van der Waals surface area contributed by atoms with Gasteiger partial charge in [0, 0.05) is 23.7 Å². The minimum Gasteiger partial charge on any atom is -0.469 e. The smallest absolute Gasteiger partial charge is 0.305 e. The highest BCUT2D eigenvalue weighted by molar-refractivity contribution is 6.31. The maximum atomic E-state index is 13.1. The topological polar surface area (TPSA) is 71.0 Å². The predicted octanol–water partition coefficient (Wildman–Crippen LogP) is 5.36. The Balaban J connectivity index is 1.71. The second-order valence-electron chi connectivity index (χ2n) is 8.83. The highest BCUT2D eigenvalue weighted by atomic mass is 35.5. The molecule has 4 rings (SSSR count). The number of aryl methyl sites for hydroxylation is 1. The van der Waals surface area contributed by atoms with Crippen molar-refractivity contribution in [1.82, 2.24) is 4.90 Å². The molecule has 0 spiro atoms. The Kier molecular flexibility index (Phi) is 7.63. The van der Waals surface area contributed by atoms with E-state index in [-0.39, 0.29) is 11.9 Å². The van der Waals surface area contributed by atoms with E-state index in [4.69, 9.17) is 21.3 Å². The summed E-state index contributed by atoms with van der Waals surface area (Å²) in [5.74, 6) is -0.948. The lowest BCUT2D eigenvalue weighted by molar-refractivity contribution is -0.140. The number of nitrogens with one attached hydrogen (secondary N) is 1. The Morgan fingerprint density at radius 1 is 1.03 bits per heavy atom. The Morgan fingerprint density at radius 3 is 2.37 bits per heavy atom. The van der Waals surface area contributed by atoms with Gasteiger partial charge in [0.05, 0.1) is 18.5 Å². The van der Waals surface area contributed by atoms with Crippen molar-refractivity contribution in [2.24, 2.45) is 4.99 Å². The minimum absolute atomic E-state index is 0.139. The second-order valence-corrected chi connectivity index (χ2v) is 9.26. The first-order valence-electron chi connectivity index (χ1n) is 11.4. The van der Waals surface area contributed by atoms with Gasteiger partial charge in [-0.25, -0.2) is 0 Å². The molecule has 35 heavy (non-hydrogen) atoms. The first-order valence-corrected chi connectivity index (χ1v) is 11.8. The van der Waals surface area contributed by atoms with Crippen LogP contribution in [0, 0.1) is 0 Å². The monoisotopic (exact) mass is 489 g/mol. The van der Waals surface area contributed by atoms with Crippen molar-refractivity contribution in [3.8, 4) is 0 Å². The van der Waals surface area contributed by atoms with Crippen molar-refractivity contribution in [3.63, 3.8) is 0 Å². The number of amides is 1. The number of rotatable bonds is 8. The summed E-state index contributed by atoms with van der Waals surface area (Å²) in [7, 11) is 5.45. The molecule has 1 unspecified atom stereocenters. The molecule has 1 heterocycles. The van der Waals surface area contributed by atoms with Gasteiger partial charge < -0.3 is 15.0 Å². The fourth-order valence-electron chi connectivity index (χ4n) is 4.17. The van der Waals surface area contributed by atoms with Gasteiger partial charge in [-0.05, 0) is 67.0 Å².